The van der Waals surface area contributed by atoms with E-state index in [1.165, 1.54) is 4.88 Å². The molecular weight excluding hydrogens is 282 g/mol. The molecule has 0 radical (unpaired) electrons. The van der Waals surface area contributed by atoms with E-state index in [4.69, 9.17) is 5.73 Å². The van der Waals surface area contributed by atoms with E-state index in [0.717, 1.165) is 5.69 Å². The molecule has 1 unspecified atom stereocenters. The average molecular weight is 303 g/mol. The Morgan fingerprint density at radius 2 is 2.05 bits per heavy atom. The summed E-state index contributed by atoms with van der Waals surface area (Å²) < 4.78 is 0. The number of amides is 1. The van der Waals surface area contributed by atoms with Gasteiger partial charge in [-0.1, -0.05) is 19.9 Å². The van der Waals surface area contributed by atoms with Crippen LogP contribution in [0.5, 0.6) is 0 Å². The summed E-state index contributed by atoms with van der Waals surface area (Å²) in [7, 11) is 1.61. The van der Waals surface area contributed by atoms with E-state index in [9.17, 15) is 4.79 Å². The zero-order valence-corrected chi connectivity index (χ0v) is 13.3. The van der Waals surface area contributed by atoms with Gasteiger partial charge < -0.3 is 16.4 Å². The first-order chi connectivity index (χ1) is 10.0. The van der Waals surface area contributed by atoms with Crippen molar-refractivity contribution in [2.45, 2.75) is 19.9 Å². The fraction of sp³-hybridized carbons (Fsp3) is 0.312. The van der Waals surface area contributed by atoms with E-state index in [2.05, 4.69) is 42.0 Å². The molecule has 1 amide bonds. The molecule has 112 valence electrons. The molecule has 4 N–H and O–H groups in total. The van der Waals surface area contributed by atoms with Crippen LogP contribution in [0.15, 0.2) is 35.7 Å². The maximum atomic E-state index is 11.6. The number of nitrogen functional groups attached to an aromatic ring is 1. The van der Waals surface area contributed by atoms with Crippen molar-refractivity contribution in [2.24, 2.45) is 5.92 Å². The summed E-state index contributed by atoms with van der Waals surface area (Å²) in [6.45, 7) is 4.35. The normalized spacial score (nSPS) is 12.2. The number of rotatable bonds is 5. The van der Waals surface area contributed by atoms with Crippen LogP contribution in [-0.4, -0.2) is 13.0 Å². The van der Waals surface area contributed by atoms with Crippen LogP contribution in [0, 0.1) is 5.92 Å². The number of benzene rings is 1. The fourth-order valence-corrected chi connectivity index (χ4v) is 3.13. The molecule has 1 atom stereocenters. The van der Waals surface area contributed by atoms with Crippen molar-refractivity contribution in [2.75, 3.05) is 18.1 Å². The molecule has 2 aromatic rings. The molecule has 0 fully saturated rings. The number of nitrogens with one attached hydrogen (secondary N) is 2. The Balaban J connectivity index is 2.24. The molecule has 2 rings (SSSR count). The van der Waals surface area contributed by atoms with E-state index in [0.29, 0.717) is 17.2 Å². The molecule has 1 aromatic carbocycles. The third kappa shape index (κ3) is 3.55. The molecule has 0 saturated heterocycles. The third-order valence-electron chi connectivity index (χ3n) is 3.37. The van der Waals surface area contributed by atoms with Crippen LogP contribution in [0.3, 0.4) is 0 Å². The zero-order valence-electron chi connectivity index (χ0n) is 12.5. The quantitative estimate of drug-likeness (QED) is 0.741. The van der Waals surface area contributed by atoms with Crippen molar-refractivity contribution in [1.82, 2.24) is 5.32 Å². The lowest BCUT2D eigenvalue weighted by molar-refractivity contribution is 0.0963. The summed E-state index contributed by atoms with van der Waals surface area (Å²) in [4.78, 5) is 12.9. The van der Waals surface area contributed by atoms with E-state index in [1.807, 2.05) is 6.07 Å². The molecule has 5 heteroatoms. The maximum Gasteiger partial charge on any atom is 0.251 e. The van der Waals surface area contributed by atoms with Crippen LogP contribution in [0.1, 0.15) is 35.1 Å². The Bertz CT molecular complexity index is 608. The number of nitrogens with two attached hydrogens (primary N) is 1. The lowest BCUT2D eigenvalue weighted by atomic mass is 10.0. The topological polar surface area (TPSA) is 67.2 Å². The minimum absolute atomic E-state index is 0.132. The number of carbonyl (C=O) groups is 1. The third-order valence-corrected chi connectivity index (χ3v) is 4.32. The van der Waals surface area contributed by atoms with Crippen LogP contribution in [0.25, 0.3) is 0 Å². The first-order valence-electron chi connectivity index (χ1n) is 6.94. The Hall–Kier alpha value is -2.01. The monoisotopic (exact) mass is 303 g/mol. The standard InChI is InChI=1S/C16H21N3OS/c1-10(2)15(14-5-4-8-21-14)19-13-7-6-11(9-12(13)17)16(20)18-3/h4-10,15,19H,17H2,1-3H3,(H,18,20). The van der Waals surface area contributed by atoms with Gasteiger partial charge in [0.15, 0.2) is 0 Å². The molecule has 1 aromatic heterocycles. The van der Waals surface area contributed by atoms with Gasteiger partial charge in [-0.3, -0.25) is 4.79 Å². The van der Waals surface area contributed by atoms with Gasteiger partial charge in [0, 0.05) is 17.5 Å². The highest BCUT2D eigenvalue weighted by atomic mass is 32.1. The molecule has 0 aliphatic carbocycles. The van der Waals surface area contributed by atoms with Gasteiger partial charge in [0.1, 0.15) is 0 Å². The summed E-state index contributed by atoms with van der Waals surface area (Å²) in [6.07, 6.45) is 0. The highest BCUT2D eigenvalue weighted by Crippen LogP contribution is 2.32. The van der Waals surface area contributed by atoms with Crippen molar-refractivity contribution in [1.29, 1.82) is 0 Å². The molecule has 0 aliphatic rings. The second-order valence-corrected chi connectivity index (χ2v) is 6.24. The molecule has 0 aliphatic heterocycles. The van der Waals surface area contributed by atoms with Gasteiger partial charge in [0.2, 0.25) is 0 Å². The van der Waals surface area contributed by atoms with E-state index >= 15 is 0 Å². The van der Waals surface area contributed by atoms with Crippen molar-refractivity contribution in [3.8, 4) is 0 Å². The number of thiophene rings is 1. The Morgan fingerprint density at radius 1 is 1.29 bits per heavy atom. The highest BCUT2D eigenvalue weighted by molar-refractivity contribution is 7.10. The second kappa shape index (κ2) is 6.63. The first kappa shape index (κ1) is 15.4. The van der Waals surface area contributed by atoms with Gasteiger partial charge in [-0.05, 0) is 35.6 Å². The predicted octanol–water partition coefficient (Wildman–Crippen LogP) is 3.50. The lowest BCUT2D eigenvalue weighted by Crippen LogP contribution is -2.19. The van der Waals surface area contributed by atoms with Crippen LogP contribution in [-0.2, 0) is 0 Å². The number of anilines is 2. The average Bonchev–Trinajstić information content (AvgIpc) is 2.98. The molecule has 0 saturated carbocycles. The van der Waals surface area contributed by atoms with Gasteiger partial charge in [0.05, 0.1) is 17.4 Å². The van der Waals surface area contributed by atoms with Crippen molar-refractivity contribution < 1.29 is 4.79 Å². The van der Waals surface area contributed by atoms with Crippen LogP contribution < -0.4 is 16.4 Å². The highest BCUT2D eigenvalue weighted by Gasteiger charge is 2.18. The van der Waals surface area contributed by atoms with Crippen LogP contribution >= 0.6 is 11.3 Å². The van der Waals surface area contributed by atoms with E-state index in [1.54, 1.807) is 30.5 Å². The van der Waals surface area contributed by atoms with Crippen molar-refractivity contribution >= 4 is 28.6 Å². The van der Waals surface area contributed by atoms with E-state index < -0.39 is 0 Å². The van der Waals surface area contributed by atoms with Crippen LogP contribution in [0.2, 0.25) is 0 Å². The van der Waals surface area contributed by atoms with Gasteiger partial charge >= 0.3 is 0 Å². The fourth-order valence-electron chi connectivity index (χ4n) is 2.18. The minimum atomic E-state index is -0.132. The number of hydrogen-bond acceptors (Lipinski definition) is 4. The van der Waals surface area contributed by atoms with Crippen molar-refractivity contribution in [3.63, 3.8) is 0 Å². The lowest BCUT2D eigenvalue weighted by Gasteiger charge is -2.23. The first-order valence-corrected chi connectivity index (χ1v) is 7.82. The Kier molecular flexibility index (Phi) is 4.85. The molecule has 0 bridgehead atoms. The number of hydrogen-bond donors (Lipinski definition) is 3. The Labute approximate surface area is 129 Å². The molecule has 4 nitrogen and oxygen atoms in total. The van der Waals surface area contributed by atoms with E-state index in [-0.39, 0.29) is 11.9 Å². The van der Waals surface area contributed by atoms with Crippen molar-refractivity contribution in [3.05, 3.63) is 46.2 Å². The molecule has 1 heterocycles. The molecule has 0 spiro atoms. The zero-order chi connectivity index (χ0) is 15.4. The SMILES string of the molecule is CNC(=O)c1ccc(NC(c2cccs2)C(C)C)c(N)c1. The molecular formula is C16H21N3OS. The summed E-state index contributed by atoms with van der Waals surface area (Å²) >= 11 is 1.73. The summed E-state index contributed by atoms with van der Waals surface area (Å²) in [5.74, 6) is 0.300. The van der Waals surface area contributed by atoms with Crippen LogP contribution in [0.4, 0.5) is 11.4 Å². The summed E-state index contributed by atoms with van der Waals surface area (Å²) in [5, 5.41) is 8.16. The number of carbonyl (C=O) groups excluding carboxylic acids is 1. The second-order valence-electron chi connectivity index (χ2n) is 5.26. The van der Waals surface area contributed by atoms with Gasteiger partial charge in [0.25, 0.3) is 5.91 Å². The van der Waals surface area contributed by atoms with Gasteiger partial charge in [-0.15, -0.1) is 11.3 Å². The Morgan fingerprint density at radius 3 is 2.57 bits per heavy atom. The van der Waals surface area contributed by atoms with Gasteiger partial charge in [-0.2, -0.15) is 0 Å². The summed E-state index contributed by atoms with van der Waals surface area (Å²) in [5.41, 5.74) is 8.08. The minimum Gasteiger partial charge on any atom is -0.397 e. The largest absolute Gasteiger partial charge is 0.397 e. The molecule has 21 heavy (non-hydrogen) atoms. The van der Waals surface area contributed by atoms with Gasteiger partial charge in [-0.25, -0.2) is 0 Å². The predicted molar refractivity (Wildman–Crippen MR) is 89.8 cm³/mol. The maximum absolute atomic E-state index is 11.6. The summed E-state index contributed by atoms with van der Waals surface area (Å²) in [6, 6.07) is 9.73. The smallest absolute Gasteiger partial charge is 0.251 e.